The molecule has 96 valence electrons. The molecule has 9 heteroatoms. The van der Waals surface area contributed by atoms with Crippen LogP contribution in [0.4, 0.5) is 13.2 Å². The van der Waals surface area contributed by atoms with Gasteiger partial charge in [-0.05, 0) is 28.6 Å². The van der Waals surface area contributed by atoms with E-state index in [-0.39, 0.29) is 5.82 Å². The summed E-state index contributed by atoms with van der Waals surface area (Å²) in [5.74, 6) is -1.07. The molecule has 0 aliphatic heterocycles. The third-order valence-corrected chi connectivity index (χ3v) is 2.06. The lowest BCUT2D eigenvalue weighted by Crippen LogP contribution is -2.17. The predicted octanol–water partition coefficient (Wildman–Crippen LogP) is 1.48. The highest BCUT2D eigenvalue weighted by molar-refractivity contribution is 5.60. The molecule has 0 spiro atoms. The molecule has 0 fully saturated rings. The minimum absolute atomic E-state index is 0.252. The number of hydrogen-bond donors (Lipinski definition) is 1. The molecule has 2 aromatic rings. The van der Waals surface area contributed by atoms with Crippen molar-refractivity contribution in [1.82, 2.24) is 20.2 Å². The van der Waals surface area contributed by atoms with Crippen molar-refractivity contribution >= 4 is 0 Å². The van der Waals surface area contributed by atoms with Gasteiger partial charge in [-0.2, -0.15) is 0 Å². The molecular formula is C9H7F3N4O2. The van der Waals surface area contributed by atoms with Crippen LogP contribution < -0.4 is 4.74 Å². The van der Waals surface area contributed by atoms with E-state index in [2.05, 4.69) is 20.3 Å². The molecule has 2 rings (SSSR count). The van der Waals surface area contributed by atoms with Crippen LogP contribution in [0, 0.1) is 0 Å². The molecule has 6 nitrogen and oxygen atoms in total. The third-order valence-electron chi connectivity index (χ3n) is 2.06. The van der Waals surface area contributed by atoms with Gasteiger partial charge in [0.05, 0.1) is 0 Å². The summed E-state index contributed by atoms with van der Waals surface area (Å²) in [5.41, 5.74) is 0.291. The molecule has 1 N–H and O–H groups in total. The van der Waals surface area contributed by atoms with Crippen molar-refractivity contribution in [3.8, 4) is 22.9 Å². The largest absolute Gasteiger partial charge is 0.573 e. The monoisotopic (exact) mass is 260 g/mol. The maximum absolute atomic E-state index is 12.1. The quantitative estimate of drug-likeness (QED) is 0.885. The Kier molecular flexibility index (Phi) is 2.81. The number of phenolic OH excluding ortho intramolecular Hbond substituents is 1. The van der Waals surface area contributed by atoms with E-state index in [1.165, 1.54) is 17.8 Å². The fourth-order valence-corrected chi connectivity index (χ4v) is 1.33. The Hall–Kier alpha value is -2.32. The van der Waals surface area contributed by atoms with Crippen LogP contribution in [-0.4, -0.2) is 31.7 Å². The van der Waals surface area contributed by atoms with Crippen LogP contribution in [0.2, 0.25) is 0 Å². The first-order valence-corrected chi connectivity index (χ1v) is 4.68. The van der Waals surface area contributed by atoms with Gasteiger partial charge in [-0.3, -0.25) is 0 Å². The van der Waals surface area contributed by atoms with Crippen LogP contribution >= 0.6 is 0 Å². The zero-order chi connectivity index (χ0) is 13.3. The van der Waals surface area contributed by atoms with E-state index in [0.29, 0.717) is 5.56 Å². The Morgan fingerprint density at radius 2 is 2.06 bits per heavy atom. The number of rotatable bonds is 2. The Bertz CT molecular complexity index is 567. The lowest BCUT2D eigenvalue weighted by Gasteiger charge is -2.11. The first-order chi connectivity index (χ1) is 8.37. The van der Waals surface area contributed by atoms with E-state index in [4.69, 9.17) is 0 Å². The first-order valence-electron chi connectivity index (χ1n) is 4.68. The number of halogens is 3. The minimum atomic E-state index is -4.88. The fourth-order valence-electron chi connectivity index (χ4n) is 1.33. The number of aryl methyl sites for hydroxylation is 1. The number of ether oxygens (including phenoxy) is 1. The second-order valence-electron chi connectivity index (χ2n) is 3.36. The summed E-state index contributed by atoms with van der Waals surface area (Å²) < 4.78 is 41.3. The average molecular weight is 260 g/mol. The number of aromatic nitrogens is 4. The van der Waals surface area contributed by atoms with E-state index >= 15 is 0 Å². The first kappa shape index (κ1) is 12.1. The van der Waals surface area contributed by atoms with Gasteiger partial charge >= 0.3 is 6.36 Å². The van der Waals surface area contributed by atoms with Gasteiger partial charge in [-0.25, -0.2) is 4.68 Å². The Labute approximate surface area is 98.6 Å². The van der Waals surface area contributed by atoms with Crippen molar-refractivity contribution in [1.29, 1.82) is 0 Å². The van der Waals surface area contributed by atoms with Gasteiger partial charge in [0, 0.05) is 12.6 Å². The van der Waals surface area contributed by atoms with E-state index in [1.807, 2.05) is 0 Å². The van der Waals surface area contributed by atoms with Gasteiger partial charge in [0.15, 0.2) is 17.3 Å². The number of aromatic hydroxyl groups is 1. The molecule has 0 saturated carbocycles. The number of phenols is 1. The van der Waals surface area contributed by atoms with Crippen LogP contribution in [0.25, 0.3) is 11.4 Å². The Morgan fingerprint density at radius 3 is 2.61 bits per heavy atom. The van der Waals surface area contributed by atoms with E-state index in [9.17, 15) is 18.3 Å². The van der Waals surface area contributed by atoms with Crippen molar-refractivity contribution in [2.24, 2.45) is 7.05 Å². The van der Waals surface area contributed by atoms with Gasteiger partial charge in [0.25, 0.3) is 0 Å². The number of nitrogens with zero attached hydrogens (tertiary/aromatic N) is 4. The van der Waals surface area contributed by atoms with Gasteiger partial charge < -0.3 is 9.84 Å². The molecule has 0 aliphatic carbocycles. The van der Waals surface area contributed by atoms with E-state index in [1.54, 1.807) is 0 Å². The Balaban J connectivity index is 2.41. The summed E-state index contributed by atoms with van der Waals surface area (Å²) in [6.07, 6.45) is -4.88. The molecular weight excluding hydrogens is 253 g/mol. The molecule has 0 saturated heterocycles. The van der Waals surface area contributed by atoms with E-state index < -0.39 is 17.9 Å². The van der Waals surface area contributed by atoms with Crippen molar-refractivity contribution in [3.05, 3.63) is 18.2 Å². The van der Waals surface area contributed by atoms with Crippen molar-refractivity contribution in [2.75, 3.05) is 0 Å². The molecule has 0 unspecified atom stereocenters. The zero-order valence-electron chi connectivity index (χ0n) is 9.01. The van der Waals surface area contributed by atoms with Crippen molar-refractivity contribution < 1.29 is 23.0 Å². The summed E-state index contributed by atoms with van der Waals surface area (Å²) in [4.78, 5) is 0. The Morgan fingerprint density at radius 1 is 1.33 bits per heavy atom. The van der Waals surface area contributed by atoms with Crippen molar-refractivity contribution in [2.45, 2.75) is 6.36 Å². The molecule has 1 heterocycles. The predicted molar refractivity (Wildman–Crippen MR) is 52.6 cm³/mol. The summed E-state index contributed by atoms with van der Waals surface area (Å²) in [6, 6.07) is 3.46. The van der Waals surface area contributed by atoms with Gasteiger partial charge in [0.1, 0.15) is 0 Å². The van der Waals surface area contributed by atoms with Crippen molar-refractivity contribution in [3.63, 3.8) is 0 Å². The zero-order valence-corrected chi connectivity index (χ0v) is 9.01. The highest BCUT2D eigenvalue weighted by atomic mass is 19.4. The summed E-state index contributed by atoms with van der Waals surface area (Å²) in [6.45, 7) is 0. The average Bonchev–Trinajstić information content (AvgIpc) is 2.66. The van der Waals surface area contributed by atoms with Gasteiger partial charge in [0.2, 0.25) is 0 Å². The van der Waals surface area contributed by atoms with Crippen LogP contribution in [0.1, 0.15) is 0 Å². The lowest BCUT2D eigenvalue weighted by atomic mass is 10.2. The minimum Gasteiger partial charge on any atom is -0.504 e. The molecule has 1 aromatic carbocycles. The summed E-state index contributed by atoms with van der Waals surface area (Å²) in [7, 11) is 1.53. The van der Waals surface area contributed by atoms with Crippen LogP contribution in [0.5, 0.6) is 11.5 Å². The molecule has 0 aliphatic rings. The third kappa shape index (κ3) is 2.50. The molecule has 18 heavy (non-hydrogen) atoms. The highest BCUT2D eigenvalue weighted by Crippen LogP contribution is 2.34. The fraction of sp³-hybridized carbons (Fsp3) is 0.222. The van der Waals surface area contributed by atoms with Crippen LogP contribution in [0.3, 0.4) is 0 Å². The normalized spacial score (nSPS) is 11.6. The molecule has 0 bridgehead atoms. The number of tetrazole rings is 1. The highest BCUT2D eigenvalue weighted by Gasteiger charge is 2.32. The topological polar surface area (TPSA) is 73.1 Å². The second kappa shape index (κ2) is 4.17. The standard InChI is InChI=1S/C9H7F3N4O2/c1-16-8(13-14-15-16)5-2-3-6(17)7(4-5)18-9(10,11)12/h2-4,17H,1H3. The molecule has 0 amide bonds. The maximum Gasteiger partial charge on any atom is 0.573 e. The maximum atomic E-state index is 12.1. The number of alkyl halides is 3. The smallest absolute Gasteiger partial charge is 0.504 e. The molecule has 1 aromatic heterocycles. The lowest BCUT2D eigenvalue weighted by molar-refractivity contribution is -0.275. The molecule has 0 radical (unpaired) electrons. The van der Waals surface area contributed by atoms with Crippen LogP contribution in [0.15, 0.2) is 18.2 Å². The van der Waals surface area contributed by atoms with Crippen LogP contribution in [-0.2, 0) is 7.05 Å². The molecule has 0 atom stereocenters. The van der Waals surface area contributed by atoms with Gasteiger partial charge in [-0.1, -0.05) is 0 Å². The SMILES string of the molecule is Cn1nnnc1-c1ccc(O)c(OC(F)(F)F)c1. The van der Waals surface area contributed by atoms with E-state index in [0.717, 1.165) is 12.1 Å². The summed E-state index contributed by atoms with van der Waals surface area (Å²) >= 11 is 0. The summed E-state index contributed by atoms with van der Waals surface area (Å²) in [5, 5.41) is 19.8. The number of hydrogen-bond acceptors (Lipinski definition) is 5. The second-order valence-corrected chi connectivity index (χ2v) is 3.36. The van der Waals surface area contributed by atoms with Gasteiger partial charge in [-0.15, -0.1) is 18.3 Å². The number of benzene rings is 1.